The second-order valence-electron chi connectivity index (χ2n) is 36.8. The lowest BCUT2D eigenvalue weighted by Crippen LogP contribution is -2.71. The molecule has 11 aliphatic rings. The van der Waals surface area contributed by atoms with Gasteiger partial charge in [-0.25, -0.2) is 0 Å². The predicted octanol–water partition coefficient (Wildman–Crippen LogP) is -23.8. The number of amides is 8. The fourth-order valence-electron chi connectivity index (χ4n) is 18.9. The molecule has 0 saturated carbocycles. The van der Waals surface area contributed by atoms with Gasteiger partial charge in [-0.1, -0.05) is 0 Å². The maximum Gasteiger partial charge on any atom is 0.217 e. The first-order chi connectivity index (χ1) is 69.0. The fraction of sp³-hybridized carbons (Fsp3) is 0.902. The number of aliphatic hydroxyl groups is 27. The molecule has 11 saturated heterocycles. The molecule has 0 aliphatic carbocycles. The largest absolute Gasteiger partial charge is 0.394 e. The number of hydrogen-bond acceptors (Lipinski definition) is 56. The summed E-state index contributed by atoms with van der Waals surface area (Å²) in [7, 11) is 0. The molecule has 146 heavy (non-hydrogen) atoms. The molecule has 0 aromatic heterocycles. The summed E-state index contributed by atoms with van der Waals surface area (Å²) in [5.74, 6) is -7.51. The van der Waals surface area contributed by atoms with Crippen LogP contribution in [0.4, 0.5) is 0 Å². The van der Waals surface area contributed by atoms with Gasteiger partial charge in [0, 0.05) is 55.4 Å². The molecule has 0 aromatic carbocycles. The Morgan fingerprint density at radius 1 is 0.178 bits per heavy atom. The summed E-state index contributed by atoms with van der Waals surface area (Å²) in [5, 5.41) is 329. The standard InChI is InChI=1S/C82H136N8O56/c1-20(100)83-39-57(118)64(32(13-95)128-72(39)125)139-77-44(88-25(6)105)60(121)67(35(16-98)133-77)143-80-63(124)69(144-82-71(62(123)68(36(17-99)136-82)142-76-43(87-24(5)104)56(117)50(111)31(12-94)132-76)146-79-46(90-27(8)107)59(120)66(34(15-97)135-79)141-75-42(86-23(4)103)55(116)49(110)30(11-93)131-75)52(113)38(137-80)19-127-81-70(61(122)51(112)37(138-81)18-126-73-40(84-21(2)101)53(114)47(108)28(9-91)129-73)145-78-45(89-26(7)106)58(119)65(33(14-96)134-78)140-74-41(85-22(3)102)54(115)48(109)29(10-92)130-74/h28-82,91-99,108-125H,9-19H2,1-8H3,(H,83,100)(H,84,101)(H,85,102)(H,86,103)(H,87,104)(H,88,105)(H,89,106)(H,90,107)/t28-,29-,30-,31-,32-,33-,34-,35-,36-,37-,38-,39-,40-,41-,42-,43-,44-,45-,46+,47-,48+,49+,50-,51-,52-,53-,54-,55-,56-,57-,58-,59-,60-,61+,62+,63+,64-,65-,66-,67-,68-,69+,70+,71+,72?,73-,74+,75+,76+,77+,78+,79+,80+,81+,82-/m1/s1. The maximum absolute atomic E-state index is 13.5. The summed E-state index contributed by atoms with van der Waals surface area (Å²) in [6, 6.07) is -15.2. The van der Waals surface area contributed by atoms with Gasteiger partial charge in [-0.05, 0) is 0 Å². The van der Waals surface area contributed by atoms with Crippen molar-refractivity contribution in [2.24, 2.45) is 0 Å². The highest BCUT2D eigenvalue weighted by molar-refractivity contribution is 5.76. The Hall–Kier alpha value is -6.16. The third kappa shape index (κ3) is 27.6. The van der Waals surface area contributed by atoms with Gasteiger partial charge in [0.05, 0.1) is 72.7 Å². The van der Waals surface area contributed by atoms with Crippen molar-refractivity contribution >= 4 is 47.3 Å². The van der Waals surface area contributed by atoms with Crippen LogP contribution in [-0.2, 0) is 138 Å². The van der Waals surface area contributed by atoms with E-state index >= 15 is 0 Å². The average Bonchev–Trinajstić information content (AvgIpc) is 0.757. The van der Waals surface area contributed by atoms with Crippen LogP contribution < -0.4 is 42.5 Å². The first-order valence-electron chi connectivity index (χ1n) is 46.6. The van der Waals surface area contributed by atoms with Crippen LogP contribution in [0.15, 0.2) is 0 Å². The smallest absolute Gasteiger partial charge is 0.217 e. The van der Waals surface area contributed by atoms with Gasteiger partial charge in [-0.2, -0.15) is 0 Å². The summed E-state index contributed by atoms with van der Waals surface area (Å²) in [6.07, 6.45) is -103. The van der Waals surface area contributed by atoms with Crippen LogP contribution in [0.5, 0.6) is 0 Å². The van der Waals surface area contributed by atoms with E-state index in [4.69, 9.17) is 99.5 Å². The molecule has 0 radical (unpaired) electrons. The predicted molar refractivity (Wildman–Crippen MR) is 455 cm³/mol. The summed E-state index contributed by atoms with van der Waals surface area (Å²) in [6.45, 7) is -5.43. The molecule has 11 aliphatic heterocycles. The molecular weight excluding hydrogens is 1990 g/mol. The highest BCUT2D eigenvalue weighted by Crippen LogP contribution is 2.42. The molecule has 0 aromatic rings. The maximum atomic E-state index is 13.5. The Morgan fingerprint density at radius 2 is 0.377 bits per heavy atom. The van der Waals surface area contributed by atoms with Gasteiger partial charge in [0.2, 0.25) is 47.3 Å². The van der Waals surface area contributed by atoms with E-state index in [-0.39, 0.29) is 0 Å². The van der Waals surface area contributed by atoms with Gasteiger partial charge in [0.15, 0.2) is 69.2 Å². The van der Waals surface area contributed by atoms with Crippen molar-refractivity contribution in [3.8, 4) is 0 Å². The van der Waals surface area contributed by atoms with Crippen LogP contribution in [0.2, 0.25) is 0 Å². The van der Waals surface area contributed by atoms with Gasteiger partial charge < -0.3 is 280 Å². The van der Waals surface area contributed by atoms with E-state index in [2.05, 4.69) is 42.5 Å². The van der Waals surface area contributed by atoms with Crippen LogP contribution in [0.1, 0.15) is 55.4 Å². The average molecular weight is 2130 g/mol. The molecular formula is C82H136N8O56. The number of carbonyl (C=O) groups excluding carboxylic acids is 8. The van der Waals surface area contributed by atoms with Gasteiger partial charge >= 0.3 is 0 Å². The van der Waals surface area contributed by atoms with Crippen LogP contribution >= 0.6 is 0 Å². The van der Waals surface area contributed by atoms with Crippen molar-refractivity contribution in [1.82, 2.24) is 42.5 Å². The molecule has 35 N–H and O–H groups in total. The van der Waals surface area contributed by atoms with Crippen LogP contribution in [0, 0.1) is 0 Å². The number of carbonyl (C=O) groups is 8. The van der Waals surface area contributed by atoms with Crippen molar-refractivity contribution in [1.29, 1.82) is 0 Å². The highest BCUT2D eigenvalue weighted by atomic mass is 16.8. The summed E-state index contributed by atoms with van der Waals surface area (Å²) in [4.78, 5) is 103. The number of rotatable bonds is 39. The number of nitrogens with one attached hydrogen (secondary N) is 8. The van der Waals surface area contributed by atoms with Crippen molar-refractivity contribution in [2.45, 2.75) is 393 Å². The molecule has 11 fully saturated rings. The molecule has 1 unspecified atom stereocenters. The number of ether oxygens (including phenoxy) is 21. The summed E-state index contributed by atoms with van der Waals surface area (Å²) >= 11 is 0. The van der Waals surface area contributed by atoms with Gasteiger partial charge in [-0.3, -0.25) is 38.4 Å². The zero-order chi connectivity index (χ0) is 108. The van der Waals surface area contributed by atoms with Crippen molar-refractivity contribution in [2.75, 3.05) is 72.7 Å². The first-order valence-corrected chi connectivity index (χ1v) is 46.6. The van der Waals surface area contributed by atoms with E-state index in [0.29, 0.717) is 0 Å². The second-order valence-corrected chi connectivity index (χ2v) is 36.8. The molecule has 11 rings (SSSR count). The van der Waals surface area contributed by atoms with Crippen molar-refractivity contribution < 1.29 is 276 Å². The lowest BCUT2D eigenvalue weighted by atomic mass is 9.93. The van der Waals surface area contributed by atoms with Gasteiger partial charge in [0.25, 0.3) is 0 Å². The second kappa shape index (κ2) is 53.1. The third-order valence-corrected chi connectivity index (χ3v) is 26.2. The number of aliphatic hydroxyl groups excluding tert-OH is 27. The van der Waals surface area contributed by atoms with E-state index in [1.165, 1.54) is 0 Å². The summed E-state index contributed by atoms with van der Waals surface area (Å²) < 4.78 is 129. The fourth-order valence-corrected chi connectivity index (χ4v) is 18.9. The van der Waals surface area contributed by atoms with Gasteiger partial charge in [-0.15, -0.1) is 0 Å². The molecule has 11 heterocycles. The minimum absolute atomic E-state index is 0.842. The van der Waals surface area contributed by atoms with Crippen LogP contribution in [0.25, 0.3) is 0 Å². The van der Waals surface area contributed by atoms with Crippen LogP contribution in [0.3, 0.4) is 0 Å². The zero-order valence-electron chi connectivity index (χ0n) is 79.4. The molecule has 0 spiro atoms. The van der Waals surface area contributed by atoms with E-state index < -0.39 is 457 Å². The highest BCUT2D eigenvalue weighted by Gasteiger charge is 2.64. The Balaban J connectivity index is 1.02. The number of hydrogen-bond donors (Lipinski definition) is 35. The quantitative estimate of drug-likeness (QED) is 0.0272. The minimum atomic E-state index is -2.79. The minimum Gasteiger partial charge on any atom is -0.394 e. The molecule has 8 amide bonds. The normalized spacial score (nSPS) is 46.5. The molecule has 64 heteroatoms. The molecule has 840 valence electrons. The van der Waals surface area contributed by atoms with Crippen molar-refractivity contribution in [3.05, 3.63) is 0 Å². The topological polar surface area (TPSA) is 973 Å². The van der Waals surface area contributed by atoms with E-state index in [9.17, 15) is 176 Å². The summed E-state index contributed by atoms with van der Waals surface area (Å²) in [5.41, 5.74) is 0. The Morgan fingerprint density at radius 3 is 0.685 bits per heavy atom. The van der Waals surface area contributed by atoms with Crippen molar-refractivity contribution in [3.63, 3.8) is 0 Å². The SMILES string of the molecule is CC(=O)N[C@@H]1[C@H](O[C@@H]2[C@@H](O[C@@H]3[C@H](O)[C@H](O[C@H]4[C@H](O)[C@@H](NC(C)=O)[C@H](O[C@H]5[C@H](O)[C@@H](NC(C)=O)C(O)O[C@@H]5CO)O[C@@H]4CO)O[C@H](CO[C@H]4O[C@H](CO[C@@H]5O[C@H](CO)[C@@H](O)[C@H](O)[C@H]5NC(C)=O)[C@@H](O)[C@H](O)[C@@H]4O[C@@H]4O[C@H](CO)[C@@H](O[C@@H]5O[C@H](CO)[C@H](O)[C@H](O)[C@H]5NC(C)=O)[C@H](O)[C@H]4NC(C)=O)[C@H]3O)O[C@H](CO)[C@@H](O[C@@H]3O[C@H](CO)[C@@H](O)[C@H](O)[C@H]3NC(C)=O)[C@@H]2O)O[C@H](CO)[C@@H](O[C@@H]2O[C@H](CO)[C@H](O)[C@H](O)[C@H]2NC(C)=O)[C@@H]1O. The van der Waals surface area contributed by atoms with E-state index in [1.807, 2.05) is 0 Å². The Kier molecular flexibility index (Phi) is 43.7. The lowest BCUT2D eigenvalue weighted by Gasteiger charge is -2.52. The van der Waals surface area contributed by atoms with Crippen LogP contribution in [-0.4, -0.2) is 595 Å². The Bertz CT molecular complexity index is 4190. The monoisotopic (exact) mass is 2130 g/mol. The first kappa shape index (κ1) is 120. The molecule has 64 nitrogen and oxygen atoms in total. The van der Waals surface area contributed by atoms with E-state index in [0.717, 1.165) is 55.4 Å². The Labute approximate surface area is 828 Å². The lowest BCUT2D eigenvalue weighted by molar-refractivity contribution is -0.405. The molecule has 0 bridgehead atoms. The third-order valence-electron chi connectivity index (χ3n) is 26.2. The van der Waals surface area contributed by atoms with Gasteiger partial charge in [0.1, 0.15) is 268 Å². The van der Waals surface area contributed by atoms with E-state index in [1.54, 1.807) is 0 Å². The zero-order valence-corrected chi connectivity index (χ0v) is 79.4. The molecule has 55 atom stereocenters.